The average molecular weight is 260 g/mol. The molecule has 0 aromatic rings. The lowest BCUT2D eigenvalue weighted by Gasteiger charge is -2.30. The highest BCUT2D eigenvalue weighted by Crippen LogP contribution is 2.35. The monoisotopic (exact) mass is 260 g/mol. The van der Waals surface area contributed by atoms with E-state index < -0.39 is 10.0 Å². The SMILES string of the molecule is CC1CC2CNCC2N1S(=O)(=O)CC(C)(C)C. The fourth-order valence-corrected chi connectivity index (χ4v) is 5.77. The van der Waals surface area contributed by atoms with Crippen molar-refractivity contribution in [2.24, 2.45) is 11.3 Å². The van der Waals surface area contributed by atoms with Crippen molar-refractivity contribution in [1.29, 1.82) is 0 Å². The Kier molecular flexibility index (Phi) is 3.30. The first-order valence-corrected chi connectivity index (χ1v) is 8.03. The summed E-state index contributed by atoms with van der Waals surface area (Å²) in [6.45, 7) is 9.77. The number of hydrogen-bond acceptors (Lipinski definition) is 3. The van der Waals surface area contributed by atoms with E-state index in [9.17, 15) is 8.42 Å². The van der Waals surface area contributed by atoms with Crippen LogP contribution in [-0.2, 0) is 10.0 Å². The van der Waals surface area contributed by atoms with Crippen molar-refractivity contribution in [2.75, 3.05) is 18.8 Å². The molecule has 0 aliphatic carbocycles. The molecule has 1 N–H and O–H groups in total. The molecule has 0 spiro atoms. The first-order chi connectivity index (χ1) is 7.71. The van der Waals surface area contributed by atoms with Crippen LogP contribution in [0.4, 0.5) is 0 Å². The second-order valence-corrected chi connectivity index (χ2v) is 8.59. The number of sulfonamides is 1. The van der Waals surface area contributed by atoms with Gasteiger partial charge in [0.25, 0.3) is 0 Å². The molecule has 0 bridgehead atoms. The molecular formula is C12H24N2O2S. The predicted octanol–water partition coefficient (Wildman–Crippen LogP) is 1.04. The van der Waals surface area contributed by atoms with Gasteiger partial charge in [-0.15, -0.1) is 0 Å². The van der Waals surface area contributed by atoms with Gasteiger partial charge in [0.1, 0.15) is 0 Å². The maximum Gasteiger partial charge on any atom is 0.215 e. The Morgan fingerprint density at radius 3 is 2.53 bits per heavy atom. The third-order valence-corrected chi connectivity index (χ3v) is 6.15. The van der Waals surface area contributed by atoms with Crippen molar-refractivity contribution in [2.45, 2.75) is 46.2 Å². The highest BCUT2D eigenvalue weighted by molar-refractivity contribution is 7.89. The van der Waals surface area contributed by atoms with Crippen LogP contribution in [0.2, 0.25) is 0 Å². The molecule has 2 fully saturated rings. The molecule has 3 unspecified atom stereocenters. The van der Waals surface area contributed by atoms with Crippen LogP contribution in [0.1, 0.15) is 34.1 Å². The minimum absolute atomic E-state index is 0.166. The Balaban J connectivity index is 2.21. The van der Waals surface area contributed by atoms with Gasteiger partial charge >= 0.3 is 0 Å². The molecule has 2 aliphatic heterocycles. The zero-order valence-electron chi connectivity index (χ0n) is 11.2. The van der Waals surface area contributed by atoms with E-state index in [0.29, 0.717) is 5.92 Å². The van der Waals surface area contributed by atoms with Gasteiger partial charge in [-0.05, 0) is 31.2 Å². The first-order valence-electron chi connectivity index (χ1n) is 6.43. The summed E-state index contributed by atoms with van der Waals surface area (Å²) in [5.41, 5.74) is -0.178. The summed E-state index contributed by atoms with van der Waals surface area (Å²) in [5.74, 6) is 0.757. The largest absolute Gasteiger partial charge is 0.315 e. The number of fused-ring (bicyclic) bond motifs is 1. The third kappa shape index (κ3) is 2.66. The second kappa shape index (κ2) is 4.21. The summed E-state index contributed by atoms with van der Waals surface area (Å²) in [5, 5.41) is 3.30. The van der Waals surface area contributed by atoms with Gasteiger partial charge < -0.3 is 5.32 Å². The average Bonchev–Trinajstić information content (AvgIpc) is 2.56. The quantitative estimate of drug-likeness (QED) is 0.807. The molecule has 0 aromatic heterocycles. The van der Waals surface area contributed by atoms with Crippen LogP contribution < -0.4 is 5.32 Å². The standard InChI is InChI=1S/C12H24N2O2S/c1-9-5-10-6-13-7-11(10)14(9)17(15,16)8-12(2,3)4/h9-11,13H,5-8H2,1-4H3. The topological polar surface area (TPSA) is 49.4 Å². The lowest BCUT2D eigenvalue weighted by atomic mass is 10.0. The zero-order valence-corrected chi connectivity index (χ0v) is 12.0. The van der Waals surface area contributed by atoms with Crippen LogP contribution in [0.15, 0.2) is 0 Å². The van der Waals surface area contributed by atoms with E-state index in [4.69, 9.17) is 0 Å². The Morgan fingerprint density at radius 1 is 1.29 bits per heavy atom. The number of hydrogen-bond donors (Lipinski definition) is 1. The van der Waals surface area contributed by atoms with Crippen LogP contribution in [-0.4, -0.2) is 43.6 Å². The van der Waals surface area contributed by atoms with Crippen molar-refractivity contribution in [3.8, 4) is 0 Å². The maximum absolute atomic E-state index is 12.5. The maximum atomic E-state index is 12.5. The number of nitrogens with one attached hydrogen (secondary N) is 1. The molecule has 2 aliphatic rings. The van der Waals surface area contributed by atoms with E-state index in [1.807, 2.05) is 27.7 Å². The van der Waals surface area contributed by atoms with Crippen LogP contribution in [0, 0.1) is 11.3 Å². The Morgan fingerprint density at radius 2 is 1.94 bits per heavy atom. The van der Waals surface area contributed by atoms with Crippen molar-refractivity contribution in [3.05, 3.63) is 0 Å². The third-order valence-electron chi connectivity index (χ3n) is 3.65. The van der Waals surface area contributed by atoms with Crippen molar-refractivity contribution < 1.29 is 8.42 Å². The second-order valence-electron chi connectivity index (χ2n) is 6.72. The molecule has 0 radical (unpaired) electrons. The summed E-state index contributed by atoms with van der Waals surface area (Å²) >= 11 is 0. The minimum atomic E-state index is -3.13. The Hall–Kier alpha value is -0.130. The predicted molar refractivity (Wildman–Crippen MR) is 69.3 cm³/mol. The summed E-state index contributed by atoms with van der Waals surface area (Å²) < 4.78 is 26.8. The lowest BCUT2D eigenvalue weighted by molar-refractivity contribution is 0.326. The zero-order chi connectivity index (χ0) is 12.8. The normalized spacial score (nSPS) is 35.2. The van der Waals surface area contributed by atoms with Gasteiger partial charge in [0, 0.05) is 18.6 Å². The van der Waals surface area contributed by atoms with Crippen LogP contribution in [0.25, 0.3) is 0 Å². The Bertz CT molecular complexity index is 386. The molecule has 0 saturated carbocycles. The van der Waals surface area contributed by atoms with Crippen LogP contribution in [0.5, 0.6) is 0 Å². The molecule has 2 saturated heterocycles. The van der Waals surface area contributed by atoms with Crippen molar-refractivity contribution in [3.63, 3.8) is 0 Å². The molecule has 4 nitrogen and oxygen atoms in total. The van der Waals surface area contributed by atoms with E-state index in [1.54, 1.807) is 4.31 Å². The summed E-state index contributed by atoms with van der Waals surface area (Å²) in [4.78, 5) is 0. The lowest BCUT2D eigenvalue weighted by Crippen LogP contribution is -2.45. The fourth-order valence-electron chi connectivity index (χ4n) is 3.23. The van der Waals surface area contributed by atoms with Crippen molar-refractivity contribution in [1.82, 2.24) is 9.62 Å². The number of nitrogens with zero attached hydrogens (tertiary/aromatic N) is 1. The molecule has 100 valence electrons. The van der Waals surface area contributed by atoms with Gasteiger partial charge in [-0.25, -0.2) is 8.42 Å². The molecule has 2 heterocycles. The minimum Gasteiger partial charge on any atom is -0.315 e. The van der Waals surface area contributed by atoms with E-state index >= 15 is 0 Å². The Labute approximate surface area is 105 Å². The summed E-state index contributed by atoms with van der Waals surface area (Å²) in [6.07, 6.45) is 1.00. The van der Waals surface area contributed by atoms with E-state index in [-0.39, 0.29) is 23.3 Å². The first kappa shape index (κ1) is 13.3. The number of rotatable bonds is 2. The van der Waals surface area contributed by atoms with E-state index in [0.717, 1.165) is 19.5 Å². The fraction of sp³-hybridized carbons (Fsp3) is 1.00. The van der Waals surface area contributed by atoms with Gasteiger partial charge in [-0.3, -0.25) is 0 Å². The van der Waals surface area contributed by atoms with Gasteiger partial charge in [0.2, 0.25) is 10.0 Å². The molecule has 2 rings (SSSR count). The van der Waals surface area contributed by atoms with Crippen molar-refractivity contribution >= 4 is 10.0 Å². The van der Waals surface area contributed by atoms with Gasteiger partial charge in [0.15, 0.2) is 0 Å². The molecule has 3 atom stereocenters. The molecule has 0 aromatic carbocycles. The highest BCUT2D eigenvalue weighted by Gasteiger charge is 2.47. The van der Waals surface area contributed by atoms with E-state index in [1.165, 1.54) is 0 Å². The smallest absolute Gasteiger partial charge is 0.215 e. The molecule has 17 heavy (non-hydrogen) atoms. The van der Waals surface area contributed by atoms with Gasteiger partial charge in [0.05, 0.1) is 5.75 Å². The summed E-state index contributed by atoms with van der Waals surface area (Å²) in [7, 11) is -3.13. The highest BCUT2D eigenvalue weighted by atomic mass is 32.2. The van der Waals surface area contributed by atoms with Crippen LogP contribution >= 0.6 is 0 Å². The van der Waals surface area contributed by atoms with Gasteiger partial charge in [-0.2, -0.15) is 4.31 Å². The van der Waals surface area contributed by atoms with Gasteiger partial charge in [-0.1, -0.05) is 20.8 Å². The van der Waals surface area contributed by atoms with Crippen LogP contribution in [0.3, 0.4) is 0 Å². The molecule has 0 amide bonds. The van der Waals surface area contributed by atoms with E-state index in [2.05, 4.69) is 5.32 Å². The summed E-state index contributed by atoms with van der Waals surface area (Å²) in [6, 6.07) is 0.358. The molecule has 5 heteroatoms. The molecular weight excluding hydrogens is 236 g/mol.